The number of nitrogens with zero attached hydrogens (tertiary/aromatic N) is 1. The van der Waals surface area contributed by atoms with Gasteiger partial charge >= 0.3 is 0 Å². The molecule has 1 saturated heterocycles. The van der Waals surface area contributed by atoms with Crippen molar-refractivity contribution in [3.63, 3.8) is 0 Å². The van der Waals surface area contributed by atoms with Gasteiger partial charge in [0.15, 0.2) is 0 Å². The van der Waals surface area contributed by atoms with Crippen molar-refractivity contribution in [3.8, 4) is 0 Å². The lowest BCUT2D eigenvalue weighted by molar-refractivity contribution is 0.239. The van der Waals surface area contributed by atoms with Gasteiger partial charge in [0.25, 0.3) is 0 Å². The third-order valence-electron chi connectivity index (χ3n) is 3.63. The number of rotatable bonds is 5. The second-order valence-corrected chi connectivity index (χ2v) is 7.89. The fourth-order valence-electron chi connectivity index (χ4n) is 2.65. The summed E-state index contributed by atoms with van der Waals surface area (Å²) in [7, 11) is -3.33. The summed E-state index contributed by atoms with van der Waals surface area (Å²) in [6.45, 7) is 3.16. The minimum atomic E-state index is -3.33. The molecule has 1 aliphatic heterocycles. The monoisotopic (exact) mass is 302 g/mol. The van der Waals surface area contributed by atoms with E-state index in [0.29, 0.717) is 18.0 Å². The molecule has 1 aromatic heterocycles. The van der Waals surface area contributed by atoms with Crippen molar-refractivity contribution in [1.29, 1.82) is 0 Å². The Labute approximate surface area is 119 Å². The molecule has 1 atom stereocenters. The normalized spacial score (nSPS) is 21.7. The lowest BCUT2D eigenvalue weighted by Gasteiger charge is -2.34. The van der Waals surface area contributed by atoms with E-state index in [1.54, 1.807) is 15.8 Å². The molecule has 0 spiro atoms. The van der Waals surface area contributed by atoms with Gasteiger partial charge < -0.3 is 5.73 Å². The maximum Gasteiger partial charge on any atom is 0.244 e. The highest BCUT2D eigenvalue weighted by Crippen LogP contribution is 2.29. The highest BCUT2D eigenvalue weighted by molar-refractivity contribution is 7.89. The lowest BCUT2D eigenvalue weighted by atomic mass is 10.0. The number of hydrogen-bond acceptors (Lipinski definition) is 4. The highest BCUT2D eigenvalue weighted by Gasteiger charge is 2.33. The summed E-state index contributed by atoms with van der Waals surface area (Å²) in [6.07, 6.45) is 5.06. The zero-order valence-corrected chi connectivity index (χ0v) is 13.0. The molecule has 6 heteroatoms. The molecule has 1 fully saturated rings. The molecule has 0 bridgehead atoms. The first-order chi connectivity index (χ1) is 9.09. The number of hydrogen-bond donors (Lipinski definition) is 1. The largest absolute Gasteiger partial charge is 0.326 e. The predicted molar refractivity (Wildman–Crippen MR) is 78.6 cm³/mol. The lowest BCUT2D eigenvalue weighted by Crippen LogP contribution is -2.43. The summed E-state index contributed by atoms with van der Waals surface area (Å²) in [4.78, 5) is 1.34. The van der Waals surface area contributed by atoms with Crippen LogP contribution in [0.2, 0.25) is 0 Å². The molecule has 0 aliphatic carbocycles. The van der Waals surface area contributed by atoms with E-state index in [0.717, 1.165) is 37.0 Å². The Morgan fingerprint density at radius 2 is 2.26 bits per heavy atom. The van der Waals surface area contributed by atoms with Crippen LogP contribution in [-0.2, 0) is 16.6 Å². The number of piperidine rings is 1. The van der Waals surface area contributed by atoms with Crippen LogP contribution in [0, 0.1) is 0 Å². The zero-order chi connectivity index (χ0) is 13.9. The first-order valence-electron chi connectivity index (χ1n) is 6.89. The highest BCUT2D eigenvalue weighted by atomic mass is 32.2. The van der Waals surface area contributed by atoms with Gasteiger partial charge in [-0.3, -0.25) is 0 Å². The third kappa shape index (κ3) is 3.18. The average Bonchev–Trinajstić information content (AvgIpc) is 2.89. The molecule has 1 aromatic rings. The topological polar surface area (TPSA) is 63.4 Å². The van der Waals surface area contributed by atoms with E-state index in [2.05, 4.69) is 6.92 Å². The Kier molecular flexibility index (Phi) is 5.00. The second-order valence-electron chi connectivity index (χ2n) is 5.01. The molecule has 1 aliphatic rings. The summed E-state index contributed by atoms with van der Waals surface area (Å²) in [5.74, 6) is 0. The molecule has 0 saturated carbocycles. The van der Waals surface area contributed by atoms with Crippen LogP contribution in [-0.4, -0.2) is 25.3 Å². The van der Waals surface area contributed by atoms with E-state index in [4.69, 9.17) is 5.73 Å². The van der Waals surface area contributed by atoms with Gasteiger partial charge in [-0.15, -0.1) is 11.3 Å². The van der Waals surface area contributed by atoms with Crippen LogP contribution in [0.4, 0.5) is 0 Å². The summed E-state index contributed by atoms with van der Waals surface area (Å²) >= 11 is 1.42. The third-order valence-corrected chi connectivity index (χ3v) is 6.67. The molecule has 108 valence electrons. The standard InChI is InChI=1S/C13H22N2O2S2/c1-2-5-11-6-3-4-7-15(11)19(16,17)13-8-12(9-14)18-10-13/h8,10-11H,2-7,9,14H2,1H3. The maximum absolute atomic E-state index is 12.7. The minimum absolute atomic E-state index is 0.171. The van der Waals surface area contributed by atoms with Gasteiger partial charge in [-0.25, -0.2) is 8.42 Å². The Hall–Kier alpha value is -0.430. The van der Waals surface area contributed by atoms with Crippen molar-refractivity contribution >= 4 is 21.4 Å². The fourth-order valence-corrected chi connectivity index (χ4v) is 5.52. The van der Waals surface area contributed by atoms with Crippen molar-refractivity contribution in [2.24, 2.45) is 5.73 Å². The van der Waals surface area contributed by atoms with Crippen LogP contribution < -0.4 is 5.73 Å². The van der Waals surface area contributed by atoms with Crippen molar-refractivity contribution in [3.05, 3.63) is 16.3 Å². The molecule has 1 unspecified atom stereocenters. The molecule has 2 rings (SSSR count). The molecule has 2 N–H and O–H groups in total. The van der Waals surface area contributed by atoms with E-state index in [9.17, 15) is 8.42 Å². The van der Waals surface area contributed by atoms with E-state index in [1.807, 2.05) is 0 Å². The minimum Gasteiger partial charge on any atom is -0.326 e. The van der Waals surface area contributed by atoms with Crippen LogP contribution in [0.5, 0.6) is 0 Å². The SMILES string of the molecule is CCCC1CCCCN1S(=O)(=O)c1csc(CN)c1. The van der Waals surface area contributed by atoms with E-state index >= 15 is 0 Å². The summed E-state index contributed by atoms with van der Waals surface area (Å²) in [6, 6.07) is 1.89. The zero-order valence-electron chi connectivity index (χ0n) is 11.3. The van der Waals surface area contributed by atoms with Crippen molar-refractivity contribution < 1.29 is 8.42 Å². The second kappa shape index (κ2) is 6.35. The van der Waals surface area contributed by atoms with Gasteiger partial charge in [-0.05, 0) is 25.3 Å². The molecular formula is C13H22N2O2S2. The molecule has 19 heavy (non-hydrogen) atoms. The Bertz CT molecular complexity index is 508. The molecule has 4 nitrogen and oxygen atoms in total. The van der Waals surface area contributed by atoms with Crippen LogP contribution in [0.15, 0.2) is 16.3 Å². The van der Waals surface area contributed by atoms with E-state index in [1.165, 1.54) is 11.3 Å². The molecular weight excluding hydrogens is 280 g/mol. The van der Waals surface area contributed by atoms with Crippen LogP contribution >= 0.6 is 11.3 Å². The van der Waals surface area contributed by atoms with Crippen molar-refractivity contribution in [1.82, 2.24) is 4.31 Å². The fraction of sp³-hybridized carbons (Fsp3) is 0.692. The first-order valence-corrected chi connectivity index (χ1v) is 9.21. The quantitative estimate of drug-likeness (QED) is 0.909. The molecule has 0 aromatic carbocycles. The van der Waals surface area contributed by atoms with E-state index in [-0.39, 0.29) is 6.04 Å². The van der Waals surface area contributed by atoms with Gasteiger partial charge in [0, 0.05) is 29.4 Å². The smallest absolute Gasteiger partial charge is 0.244 e. The van der Waals surface area contributed by atoms with Crippen molar-refractivity contribution in [2.75, 3.05) is 6.54 Å². The predicted octanol–water partition coefficient (Wildman–Crippen LogP) is 2.55. The Morgan fingerprint density at radius 3 is 2.89 bits per heavy atom. The van der Waals surface area contributed by atoms with Gasteiger partial charge in [0.05, 0.1) is 4.90 Å². The Morgan fingerprint density at radius 1 is 1.47 bits per heavy atom. The first kappa shape index (κ1) is 15.0. The van der Waals surface area contributed by atoms with Crippen LogP contribution in [0.3, 0.4) is 0 Å². The summed E-state index contributed by atoms with van der Waals surface area (Å²) < 4.78 is 27.1. The average molecular weight is 302 g/mol. The molecule has 2 heterocycles. The maximum atomic E-state index is 12.7. The van der Waals surface area contributed by atoms with Gasteiger partial charge in [-0.2, -0.15) is 4.31 Å². The van der Waals surface area contributed by atoms with E-state index < -0.39 is 10.0 Å². The van der Waals surface area contributed by atoms with Gasteiger partial charge in [-0.1, -0.05) is 19.8 Å². The number of nitrogens with two attached hydrogens (primary N) is 1. The van der Waals surface area contributed by atoms with Gasteiger partial charge in [0.1, 0.15) is 0 Å². The number of thiophene rings is 1. The van der Waals surface area contributed by atoms with Crippen LogP contribution in [0.1, 0.15) is 43.9 Å². The van der Waals surface area contributed by atoms with Gasteiger partial charge in [0.2, 0.25) is 10.0 Å². The summed E-state index contributed by atoms with van der Waals surface area (Å²) in [5, 5.41) is 1.72. The number of sulfonamides is 1. The summed E-state index contributed by atoms with van der Waals surface area (Å²) in [5.41, 5.74) is 5.56. The molecule has 0 radical (unpaired) electrons. The van der Waals surface area contributed by atoms with Crippen molar-refractivity contribution in [2.45, 2.75) is 56.5 Å². The van der Waals surface area contributed by atoms with Crippen LogP contribution in [0.25, 0.3) is 0 Å². The Balaban J connectivity index is 2.25. The molecule has 0 amide bonds.